The molecule has 128 valence electrons. The summed E-state index contributed by atoms with van der Waals surface area (Å²) in [5, 5.41) is 0. The third-order valence-corrected chi connectivity index (χ3v) is 3.90. The van der Waals surface area contributed by atoms with Crippen LogP contribution in [0.15, 0.2) is 57.9 Å². The van der Waals surface area contributed by atoms with Gasteiger partial charge in [0.15, 0.2) is 0 Å². The minimum absolute atomic E-state index is 0.0755. The summed E-state index contributed by atoms with van der Waals surface area (Å²) in [6, 6.07) is 11.5. The second-order valence-corrected chi connectivity index (χ2v) is 6.11. The van der Waals surface area contributed by atoms with Crippen molar-refractivity contribution in [1.29, 1.82) is 0 Å². The van der Waals surface area contributed by atoms with E-state index >= 15 is 0 Å². The van der Waals surface area contributed by atoms with Gasteiger partial charge in [0.25, 0.3) is 5.56 Å². The molecule has 3 aromatic rings. The third kappa shape index (κ3) is 4.06. The molecule has 0 saturated heterocycles. The van der Waals surface area contributed by atoms with E-state index in [4.69, 9.17) is 9.47 Å². The molecule has 0 radical (unpaired) electrons. The molecule has 0 aliphatic rings. The van der Waals surface area contributed by atoms with Crippen LogP contribution in [0.3, 0.4) is 0 Å². The summed E-state index contributed by atoms with van der Waals surface area (Å²) in [6.07, 6.45) is 1.64. The normalized spacial score (nSPS) is 10.6. The third-order valence-electron chi connectivity index (χ3n) is 3.43. The molecule has 3 rings (SSSR count). The molecule has 0 spiro atoms. The molecule has 2 heterocycles. The van der Waals surface area contributed by atoms with Crippen molar-refractivity contribution >= 4 is 27.5 Å². The lowest BCUT2D eigenvalue weighted by molar-refractivity contribution is 0.0467. The molecule has 0 unspecified atom stereocenters. The molecule has 0 bridgehead atoms. The maximum atomic E-state index is 12.1. The van der Waals surface area contributed by atoms with Crippen LogP contribution < -0.4 is 10.3 Å². The Labute approximate surface area is 152 Å². The van der Waals surface area contributed by atoms with Crippen LogP contribution in [0.2, 0.25) is 0 Å². The number of carbonyl (C=O) groups is 1. The van der Waals surface area contributed by atoms with Gasteiger partial charge in [0.1, 0.15) is 18.0 Å². The standard InChI is InChI=1S/C18H15BrN2O4/c1-2-24-15-6-3-12(4-7-15)18(23)25-11-14-9-17(22)21-10-13(19)5-8-16(21)20-14/h3-10H,2,11H2,1H3. The number of fused-ring (bicyclic) bond motifs is 1. The van der Waals surface area contributed by atoms with Crippen LogP contribution in [0.1, 0.15) is 23.0 Å². The number of hydrogen-bond donors (Lipinski definition) is 0. The number of hydrogen-bond acceptors (Lipinski definition) is 5. The first-order valence-corrected chi connectivity index (χ1v) is 8.44. The van der Waals surface area contributed by atoms with Gasteiger partial charge >= 0.3 is 5.97 Å². The Morgan fingerprint density at radius 2 is 1.96 bits per heavy atom. The van der Waals surface area contributed by atoms with Crippen molar-refractivity contribution in [1.82, 2.24) is 9.38 Å². The van der Waals surface area contributed by atoms with Crippen molar-refractivity contribution in [3.63, 3.8) is 0 Å². The second kappa shape index (κ2) is 7.48. The Balaban J connectivity index is 1.72. The van der Waals surface area contributed by atoms with E-state index in [-0.39, 0.29) is 12.2 Å². The fraction of sp³-hybridized carbons (Fsp3) is 0.167. The van der Waals surface area contributed by atoms with Gasteiger partial charge in [0.2, 0.25) is 0 Å². The first-order chi connectivity index (χ1) is 12.1. The Bertz CT molecular complexity index is 967. The SMILES string of the molecule is CCOc1ccc(C(=O)OCc2cc(=O)n3cc(Br)ccc3n2)cc1. The van der Waals surface area contributed by atoms with Crippen LogP contribution >= 0.6 is 15.9 Å². The number of aromatic nitrogens is 2. The zero-order valence-corrected chi connectivity index (χ0v) is 15.0. The maximum absolute atomic E-state index is 12.1. The maximum Gasteiger partial charge on any atom is 0.338 e. The van der Waals surface area contributed by atoms with E-state index in [1.54, 1.807) is 42.6 Å². The van der Waals surface area contributed by atoms with Crippen molar-refractivity contribution in [2.24, 2.45) is 0 Å². The van der Waals surface area contributed by atoms with Gasteiger partial charge in [-0.3, -0.25) is 9.20 Å². The number of nitrogens with zero attached hydrogens (tertiary/aromatic N) is 2. The Morgan fingerprint density at radius 1 is 1.20 bits per heavy atom. The van der Waals surface area contributed by atoms with Crippen LogP contribution in [0.25, 0.3) is 5.65 Å². The van der Waals surface area contributed by atoms with Gasteiger partial charge < -0.3 is 9.47 Å². The van der Waals surface area contributed by atoms with E-state index in [1.165, 1.54) is 10.5 Å². The number of carbonyl (C=O) groups excluding carboxylic acids is 1. The van der Waals surface area contributed by atoms with Gasteiger partial charge in [-0.25, -0.2) is 9.78 Å². The zero-order valence-electron chi connectivity index (χ0n) is 13.4. The van der Waals surface area contributed by atoms with Crippen molar-refractivity contribution in [3.05, 3.63) is 74.7 Å². The molecule has 7 heteroatoms. The molecule has 0 atom stereocenters. The first-order valence-electron chi connectivity index (χ1n) is 7.64. The largest absolute Gasteiger partial charge is 0.494 e. The molecule has 1 aromatic carbocycles. The van der Waals surface area contributed by atoms with Crippen LogP contribution in [0.4, 0.5) is 0 Å². The molecule has 0 saturated carbocycles. The van der Waals surface area contributed by atoms with Crippen LogP contribution in [-0.4, -0.2) is 22.0 Å². The Morgan fingerprint density at radius 3 is 2.68 bits per heavy atom. The fourth-order valence-corrected chi connectivity index (χ4v) is 2.61. The smallest absolute Gasteiger partial charge is 0.338 e. The zero-order chi connectivity index (χ0) is 17.8. The Hall–Kier alpha value is -2.67. The van der Waals surface area contributed by atoms with Crippen molar-refractivity contribution in [2.45, 2.75) is 13.5 Å². The quantitative estimate of drug-likeness (QED) is 0.612. The van der Waals surface area contributed by atoms with Crippen LogP contribution in [0.5, 0.6) is 5.75 Å². The molecule has 0 N–H and O–H groups in total. The highest BCUT2D eigenvalue weighted by atomic mass is 79.9. The summed E-state index contributed by atoms with van der Waals surface area (Å²) in [7, 11) is 0. The monoisotopic (exact) mass is 402 g/mol. The molecule has 0 fully saturated rings. The van der Waals surface area contributed by atoms with Gasteiger partial charge in [-0.05, 0) is 59.3 Å². The van der Waals surface area contributed by atoms with Gasteiger partial charge in [-0.15, -0.1) is 0 Å². The van der Waals surface area contributed by atoms with Crippen LogP contribution in [-0.2, 0) is 11.3 Å². The highest BCUT2D eigenvalue weighted by Gasteiger charge is 2.09. The minimum atomic E-state index is -0.485. The summed E-state index contributed by atoms with van der Waals surface area (Å²) >= 11 is 3.31. The van der Waals surface area contributed by atoms with E-state index in [0.29, 0.717) is 29.3 Å². The fourth-order valence-electron chi connectivity index (χ4n) is 2.28. The Kier molecular flexibility index (Phi) is 5.14. The van der Waals surface area contributed by atoms with Gasteiger partial charge in [-0.2, -0.15) is 0 Å². The summed E-state index contributed by atoms with van der Waals surface area (Å²) < 4.78 is 12.8. The predicted octanol–water partition coefficient (Wildman–Crippen LogP) is 3.21. The summed E-state index contributed by atoms with van der Waals surface area (Å²) in [6.45, 7) is 2.37. The average molecular weight is 403 g/mol. The topological polar surface area (TPSA) is 69.9 Å². The van der Waals surface area contributed by atoms with Crippen molar-refractivity contribution in [2.75, 3.05) is 6.61 Å². The van der Waals surface area contributed by atoms with E-state index in [1.807, 2.05) is 6.92 Å². The lowest BCUT2D eigenvalue weighted by Crippen LogP contribution is -2.16. The van der Waals surface area contributed by atoms with E-state index in [0.717, 1.165) is 4.47 Å². The number of esters is 1. The predicted molar refractivity (Wildman–Crippen MR) is 95.9 cm³/mol. The molecular weight excluding hydrogens is 388 g/mol. The number of ether oxygens (including phenoxy) is 2. The van der Waals surface area contributed by atoms with Crippen molar-refractivity contribution < 1.29 is 14.3 Å². The van der Waals surface area contributed by atoms with E-state index in [9.17, 15) is 9.59 Å². The highest BCUT2D eigenvalue weighted by Crippen LogP contribution is 2.14. The van der Waals surface area contributed by atoms with Gasteiger partial charge in [0, 0.05) is 16.7 Å². The van der Waals surface area contributed by atoms with Gasteiger partial charge in [-0.1, -0.05) is 0 Å². The molecule has 0 amide bonds. The lowest BCUT2D eigenvalue weighted by atomic mass is 10.2. The number of pyridine rings is 1. The minimum Gasteiger partial charge on any atom is -0.494 e. The average Bonchev–Trinajstić information content (AvgIpc) is 2.61. The molecule has 6 nitrogen and oxygen atoms in total. The van der Waals surface area contributed by atoms with Crippen LogP contribution in [0, 0.1) is 0 Å². The first kappa shape index (κ1) is 17.2. The van der Waals surface area contributed by atoms with E-state index < -0.39 is 5.97 Å². The number of benzene rings is 1. The lowest BCUT2D eigenvalue weighted by Gasteiger charge is -2.07. The molecule has 0 aliphatic carbocycles. The molecule has 2 aromatic heterocycles. The second-order valence-electron chi connectivity index (χ2n) is 5.19. The number of halogens is 1. The molecular formula is C18H15BrN2O4. The molecule has 25 heavy (non-hydrogen) atoms. The highest BCUT2D eigenvalue weighted by molar-refractivity contribution is 9.10. The number of rotatable bonds is 5. The summed E-state index contributed by atoms with van der Waals surface area (Å²) in [5.41, 5.74) is 1.05. The molecule has 0 aliphatic heterocycles. The summed E-state index contributed by atoms with van der Waals surface area (Å²) in [5.74, 6) is 0.204. The van der Waals surface area contributed by atoms with Gasteiger partial charge in [0.05, 0.1) is 17.9 Å². The van der Waals surface area contributed by atoms with Crippen molar-refractivity contribution in [3.8, 4) is 5.75 Å². The van der Waals surface area contributed by atoms with E-state index in [2.05, 4.69) is 20.9 Å². The summed E-state index contributed by atoms with van der Waals surface area (Å²) in [4.78, 5) is 28.5.